The average molecular weight is 356 g/mol. The summed E-state index contributed by atoms with van der Waals surface area (Å²) in [7, 11) is 0. The standard InChI is InChI=1S/C14H6ClF6S/c15-9-5-8(6-10(7-9)22-14(19,20)21)11-3-1-2-4-12(11)13(16,17)18/h1-6H. The first-order valence-corrected chi connectivity index (χ1v) is 6.91. The van der Waals surface area contributed by atoms with Gasteiger partial charge in [-0.15, -0.1) is 0 Å². The van der Waals surface area contributed by atoms with E-state index in [-0.39, 0.29) is 16.1 Å². The zero-order valence-electron chi connectivity index (χ0n) is 10.5. The van der Waals surface area contributed by atoms with Crippen molar-refractivity contribution in [1.82, 2.24) is 0 Å². The molecule has 1 radical (unpaired) electrons. The maximum absolute atomic E-state index is 13.0. The maximum Gasteiger partial charge on any atom is 0.446 e. The Morgan fingerprint density at radius 3 is 2.18 bits per heavy atom. The van der Waals surface area contributed by atoms with Crippen molar-refractivity contribution in [3.05, 3.63) is 53.1 Å². The van der Waals surface area contributed by atoms with Gasteiger partial charge in [-0.3, -0.25) is 0 Å². The van der Waals surface area contributed by atoms with E-state index in [4.69, 9.17) is 11.6 Å². The van der Waals surface area contributed by atoms with E-state index in [0.29, 0.717) is 0 Å². The Bertz CT molecular complexity index is 678. The molecule has 0 atom stereocenters. The number of rotatable bonds is 2. The molecule has 0 heterocycles. The van der Waals surface area contributed by atoms with Gasteiger partial charge < -0.3 is 0 Å². The van der Waals surface area contributed by atoms with Crippen LogP contribution in [0.5, 0.6) is 0 Å². The van der Waals surface area contributed by atoms with Crippen molar-refractivity contribution in [3.8, 4) is 11.1 Å². The zero-order chi connectivity index (χ0) is 16.5. The number of halogens is 7. The quantitative estimate of drug-likeness (QED) is 0.441. The van der Waals surface area contributed by atoms with Crippen molar-refractivity contribution < 1.29 is 26.3 Å². The summed E-state index contributed by atoms with van der Waals surface area (Å²) in [5.74, 6) is 0. The van der Waals surface area contributed by atoms with Crippen LogP contribution in [0.2, 0.25) is 5.02 Å². The summed E-state index contributed by atoms with van der Waals surface area (Å²) >= 11 is 5.19. The molecule has 0 N–H and O–H groups in total. The van der Waals surface area contributed by atoms with E-state index in [2.05, 4.69) is 6.07 Å². The van der Waals surface area contributed by atoms with Crippen LogP contribution in [0.4, 0.5) is 26.3 Å². The van der Waals surface area contributed by atoms with Crippen molar-refractivity contribution in [2.75, 3.05) is 0 Å². The van der Waals surface area contributed by atoms with Crippen molar-refractivity contribution >= 4 is 23.4 Å². The minimum absolute atomic E-state index is 0.0524. The molecule has 2 aromatic carbocycles. The lowest BCUT2D eigenvalue weighted by molar-refractivity contribution is -0.137. The summed E-state index contributed by atoms with van der Waals surface area (Å²) in [4.78, 5) is -0.396. The van der Waals surface area contributed by atoms with Crippen molar-refractivity contribution in [2.24, 2.45) is 0 Å². The molecule has 0 unspecified atom stereocenters. The van der Waals surface area contributed by atoms with Crippen LogP contribution in [0.25, 0.3) is 11.1 Å². The van der Waals surface area contributed by atoms with Crippen LogP contribution in [0, 0.1) is 6.07 Å². The molecule has 0 aliphatic carbocycles. The minimum atomic E-state index is -4.63. The summed E-state index contributed by atoms with van der Waals surface area (Å²) < 4.78 is 76.1. The van der Waals surface area contributed by atoms with Gasteiger partial charge in [0.1, 0.15) is 0 Å². The van der Waals surface area contributed by atoms with E-state index in [1.54, 1.807) is 0 Å². The number of hydrogen-bond donors (Lipinski definition) is 0. The van der Waals surface area contributed by atoms with Crippen molar-refractivity contribution in [3.63, 3.8) is 0 Å². The second kappa shape index (κ2) is 6.04. The molecule has 22 heavy (non-hydrogen) atoms. The normalized spacial score (nSPS) is 12.5. The Hall–Kier alpha value is -1.34. The fraction of sp³-hybridized carbons (Fsp3) is 0.143. The van der Waals surface area contributed by atoms with Gasteiger partial charge in [0.2, 0.25) is 0 Å². The molecule has 0 aromatic heterocycles. The summed E-state index contributed by atoms with van der Waals surface area (Å²) in [5, 5.41) is -0.193. The number of benzene rings is 2. The first-order valence-electron chi connectivity index (χ1n) is 5.71. The van der Waals surface area contributed by atoms with E-state index < -0.39 is 33.9 Å². The van der Waals surface area contributed by atoms with E-state index in [1.807, 2.05) is 0 Å². The van der Waals surface area contributed by atoms with Gasteiger partial charge in [-0.05, 0) is 41.1 Å². The van der Waals surface area contributed by atoms with Gasteiger partial charge >= 0.3 is 11.7 Å². The maximum atomic E-state index is 13.0. The third kappa shape index (κ3) is 4.33. The van der Waals surface area contributed by atoms with Crippen molar-refractivity contribution in [2.45, 2.75) is 16.6 Å². The Balaban J connectivity index is 2.55. The van der Waals surface area contributed by atoms with Gasteiger partial charge in [0, 0.05) is 11.0 Å². The summed E-state index contributed by atoms with van der Waals surface area (Å²) in [6.07, 6.45) is -4.63. The van der Waals surface area contributed by atoms with E-state index in [9.17, 15) is 26.3 Å². The van der Waals surface area contributed by atoms with E-state index in [0.717, 1.165) is 18.2 Å². The van der Waals surface area contributed by atoms with Crippen LogP contribution >= 0.6 is 23.4 Å². The highest BCUT2D eigenvalue weighted by atomic mass is 35.5. The summed E-state index contributed by atoms with van der Waals surface area (Å²) in [6.45, 7) is 0. The lowest BCUT2D eigenvalue weighted by atomic mass is 9.99. The average Bonchev–Trinajstić information content (AvgIpc) is 2.35. The third-order valence-electron chi connectivity index (χ3n) is 2.58. The van der Waals surface area contributed by atoms with Gasteiger partial charge in [-0.2, -0.15) is 26.3 Å². The summed E-state index contributed by atoms with van der Waals surface area (Å²) in [5.41, 5.74) is -5.82. The van der Waals surface area contributed by atoms with Crippen LogP contribution < -0.4 is 0 Å². The molecule has 0 spiro atoms. The van der Waals surface area contributed by atoms with E-state index in [1.165, 1.54) is 18.2 Å². The molecule has 0 fully saturated rings. The number of hydrogen-bond acceptors (Lipinski definition) is 1. The largest absolute Gasteiger partial charge is 0.446 e. The highest BCUT2D eigenvalue weighted by molar-refractivity contribution is 8.00. The molecule has 0 saturated carbocycles. The van der Waals surface area contributed by atoms with Gasteiger partial charge in [0.15, 0.2) is 0 Å². The summed E-state index contributed by atoms with van der Waals surface area (Å²) in [6, 6.07) is 8.99. The smallest absolute Gasteiger partial charge is 0.166 e. The van der Waals surface area contributed by atoms with Crippen LogP contribution in [0.15, 0.2) is 41.3 Å². The molecule has 0 bridgehead atoms. The first-order chi connectivity index (χ1) is 10.1. The molecule has 0 aliphatic rings. The molecule has 0 aliphatic heterocycles. The SMILES string of the molecule is FC(F)(F)Sc1[c]c(Cl)cc(-c2ccccc2C(F)(F)F)c1. The zero-order valence-corrected chi connectivity index (χ0v) is 12.1. The third-order valence-corrected chi connectivity index (χ3v) is 3.46. The van der Waals surface area contributed by atoms with Gasteiger partial charge in [-0.1, -0.05) is 29.8 Å². The van der Waals surface area contributed by atoms with Crippen LogP contribution in [-0.4, -0.2) is 5.51 Å². The molecular formula is C14H6ClF6S. The molecule has 8 heteroatoms. The second-order valence-electron chi connectivity index (χ2n) is 4.17. The van der Waals surface area contributed by atoms with Gasteiger partial charge in [-0.25, -0.2) is 0 Å². The molecular weight excluding hydrogens is 350 g/mol. The Morgan fingerprint density at radius 2 is 1.59 bits per heavy atom. The Kier molecular flexibility index (Phi) is 4.67. The molecule has 0 saturated heterocycles. The fourth-order valence-corrected chi connectivity index (χ4v) is 2.70. The van der Waals surface area contributed by atoms with Gasteiger partial charge in [0.25, 0.3) is 0 Å². The minimum Gasteiger partial charge on any atom is -0.166 e. The van der Waals surface area contributed by atoms with Crippen molar-refractivity contribution in [1.29, 1.82) is 0 Å². The lowest BCUT2D eigenvalue weighted by Crippen LogP contribution is -2.07. The predicted octanol–water partition coefficient (Wildman–Crippen LogP) is 6.44. The second-order valence-corrected chi connectivity index (χ2v) is 5.69. The predicted molar refractivity (Wildman–Crippen MR) is 72.6 cm³/mol. The molecule has 2 aromatic rings. The first kappa shape index (κ1) is 17.0. The molecule has 117 valence electrons. The molecule has 0 nitrogen and oxygen atoms in total. The topological polar surface area (TPSA) is 0 Å². The number of thioether (sulfide) groups is 1. The van der Waals surface area contributed by atoms with Crippen LogP contribution in [-0.2, 0) is 6.18 Å². The molecule has 0 amide bonds. The lowest BCUT2D eigenvalue weighted by Gasteiger charge is -2.14. The Labute approximate surface area is 131 Å². The Morgan fingerprint density at radius 1 is 0.955 bits per heavy atom. The highest BCUT2D eigenvalue weighted by Crippen LogP contribution is 2.42. The van der Waals surface area contributed by atoms with Crippen LogP contribution in [0.1, 0.15) is 5.56 Å². The highest BCUT2D eigenvalue weighted by Gasteiger charge is 2.34. The van der Waals surface area contributed by atoms with Gasteiger partial charge in [0.05, 0.1) is 10.6 Å². The monoisotopic (exact) mass is 355 g/mol. The van der Waals surface area contributed by atoms with Crippen LogP contribution in [0.3, 0.4) is 0 Å². The van der Waals surface area contributed by atoms with E-state index >= 15 is 0 Å². The fourth-order valence-electron chi connectivity index (χ4n) is 1.83. The number of alkyl halides is 6. The molecule has 2 rings (SSSR count).